The first kappa shape index (κ1) is 28.3. The number of aromatic nitrogens is 6. The third-order valence-corrected chi connectivity index (χ3v) is 9.31. The van der Waals surface area contributed by atoms with E-state index in [-0.39, 0.29) is 31.2 Å². The smallest absolute Gasteiger partial charge is 0.439 e. The van der Waals surface area contributed by atoms with E-state index in [9.17, 15) is 9.90 Å². The molecule has 228 valence electrons. The van der Waals surface area contributed by atoms with Crippen molar-refractivity contribution in [3.8, 4) is 28.7 Å². The van der Waals surface area contributed by atoms with Crippen molar-refractivity contribution in [2.45, 2.75) is 70.6 Å². The number of fused-ring (bicyclic) bond motifs is 2. The Labute approximate surface area is 253 Å². The molecule has 2 atom stereocenters. The van der Waals surface area contributed by atoms with Gasteiger partial charge >= 0.3 is 5.76 Å². The van der Waals surface area contributed by atoms with Crippen molar-refractivity contribution in [2.24, 2.45) is 11.8 Å². The van der Waals surface area contributed by atoms with Crippen LogP contribution in [-0.4, -0.2) is 73.3 Å². The molecular formula is C30H36ClN7O5. The molecule has 4 aromatic rings. The predicted molar refractivity (Wildman–Crippen MR) is 160 cm³/mol. The molecule has 0 bridgehead atoms. The molecule has 12 nitrogen and oxygen atoms in total. The van der Waals surface area contributed by atoms with Crippen LogP contribution in [-0.2, 0) is 11.3 Å². The minimum absolute atomic E-state index is 0.0582. The number of aliphatic hydroxyl groups is 1. The highest BCUT2D eigenvalue weighted by molar-refractivity contribution is 6.30. The van der Waals surface area contributed by atoms with Crippen molar-refractivity contribution < 1.29 is 19.1 Å². The van der Waals surface area contributed by atoms with Crippen LogP contribution >= 0.6 is 11.6 Å². The number of H-pyrrole nitrogens is 1. The van der Waals surface area contributed by atoms with Gasteiger partial charge in [0.15, 0.2) is 0 Å². The van der Waals surface area contributed by atoms with Crippen LogP contribution < -0.4 is 15.4 Å². The lowest BCUT2D eigenvalue weighted by molar-refractivity contribution is 0.0247. The molecule has 13 heteroatoms. The van der Waals surface area contributed by atoms with Crippen LogP contribution in [0, 0.1) is 11.8 Å². The number of anilines is 1. The topological polar surface area (TPSA) is 144 Å². The molecule has 4 aromatic heterocycles. The maximum atomic E-state index is 11.9. The lowest BCUT2D eigenvalue weighted by atomic mass is 9.83. The summed E-state index contributed by atoms with van der Waals surface area (Å²) in [7, 11) is 0. The molecule has 0 aromatic carbocycles. The number of imidazole rings is 1. The molecule has 2 aliphatic carbocycles. The van der Waals surface area contributed by atoms with Crippen LogP contribution in [0.25, 0.3) is 33.8 Å². The summed E-state index contributed by atoms with van der Waals surface area (Å²) in [5.74, 6) is 1.95. The fourth-order valence-corrected chi connectivity index (χ4v) is 7.14. The molecule has 0 spiro atoms. The van der Waals surface area contributed by atoms with E-state index in [2.05, 4.69) is 31.5 Å². The number of aliphatic hydroxyl groups excluding tert-OH is 1. The first-order valence-corrected chi connectivity index (χ1v) is 15.6. The largest absolute Gasteiger partial charge is 0.475 e. The van der Waals surface area contributed by atoms with Crippen molar-refractivity contribution in [1.82, 2.24) is 29.7 Å². The van der Waals surface area contributed by atoms with Gasteiger partial charge in [-0.1, -0.05) is 36.5 Å². The van der Waals surface area contributed by atoms with E-state index in [0.29, 0.717) is 45.9 Å². The van der Waals surface area contributed by atoms with Gasteiger partial charge in [-0.2, -0.15) is 0 Å². The van der Waals surface area contributed by atoms with E-state index in [1.54, 1.807) is 6.07 Å². The molecule has 1 aliphatic heterocycles. The number of halogens is 1. The Morgan fingerprint density at radius 2 is 2.02 bits per heavy atom. The number of nitrogens with one attached hydrogen (secondary N) is 1. The molecule has 0 unspecified atom stereocenters. The fraction of sp³-hybridized carbons (Fsp3) is 0.567. The first-order valence-electron chi connectivity index (χ1n) is 15.2. The van der Waals surface area contributed by atoms with E-state index in [1.807, 2.05) is 6.07 Å². The number of nitrogens with zero attached hydrogens (tertiary/aromatic N) is 6. The molecular weight excluding hydrogens is 574 g/mol. The first-order chi connectivity index (χ1) is 21.0. The second-order valence-electron chi connectivity index (χ2n) is 12.0. The van der Waals surface area contributed by atoms with Gasteiger partial charge in [0.2, 0.25) is 17.7 Å². The standard InChI is InChI=1S/C30H36ClN7O5/c1-17-5-7-18(8-6-17)16-38-26-21(34-29(38)37-9-11-41-24-4-2-3-23(24)37)14-22(27-35-30(40)43-36-27)33-25(26)20-13-19(31)15-32-28(20)42-12-10-39/h13-15,17-18,23-24,39H,2-12,16H2,1H3,(H,35,36,40)/t17?,18?,23-,24-/m0/s1. The molecule has 2 saturated carbocycles. The molecule has 3 aliphatic rings. The Morgan fingerprint density at radius 1 is 1.16 bits per heavy atom. The minimum Gasteiger partial charge on any atom is -0.475 e. The van der Waals surface area contributed by atoms with E-state index in [1.165, 1.54) is 19.0 Å². The number of rotatable bonds is 8. The lowest BCUT2D eigenvalue weighted by Crippen LogP contribution is -2.49. The molecule has 7 rings (SSSR count). The third-order valence-electron chi connectivity index (χ3n) is 9.11. The number of pyridine rings is 2. The summed E-state index contributed by atoms with van der Waals surface area (Å²) in [6.07, 6.45) is 9.67. The van der Waals surface area contributed by atoms with Crippen LogP contribution in [0.15, 0.2) is 27.6 Å². The molecule has 43 heavy (non-hydrogen) atoms. The summed E-state index contributed by atoms with van der Waals surface area (Å²) in [4.78, 5) is 31.7. The molecule has 3 fully saturated rings. The van der Waals surface area contributed by atoms with Gasteiger partial charge < -0.3 is 24.0 Å². The Bertz CT molecular complexity index is 1660. The van der Waals surface area contributed by atoms with Crippen LogP contribution in [0.5, 0.6) is 5.88 Å². The lowest BCUT2D eigenvalue weighted by Gasteiger charge is -2.39. The van der Waals surface area contributed by atoms with Crippen LogP contribution in [0.2, 0.25) is 5.02 Å². The molecule has 0 amide bonds. The Kier molecular flexibility index (Phi) is 7.83. The Hall–Kier alpha value is -3.48. The van der Waals surface area contributed by atoms with Crippen molar-refractivity contribution in [3.63, 3.8) is 0 Å². The normalized spacial score (nSPS) is 24.0. The highest BCUT2D eigenvalue weighted by Crippen LogP contribution is 2.41. The van der Waals surface area contributed by atoms with Gasteiger partial charge in [0.1, 0.15) is 18.0 Å². The second kappa shape index (κ2) is 11.9. The Balaban J connectivity index is 1.46. The van der Waals surface area contributed by atoms with Gasteiger partial charge in [0, 0.05) is 19.3 Å². The SMILES string of the molecule is CC1CCC(Cn2c(N3CCO[C@H]4CCC[C@@H]43)nc3cc(-c4noc(=O)[nH]4)nc(-c4cc(Cl)cnc4OCCO)c32)CC1. The number of ether oxygens (including phenoxy) is 2. The summed E-state index contributed by atoms with van der Waals surface area (Å²) in [5, 5.41) is 13.8. The van der Waals surface area contributed by atoms with Gasteiger partial charge in [-0.05, 0) is 56.1 Å². The van der Waals surface area contributed by atoms with Gasteiger partial charge in [-0.3, -0.25) is 9.51 Å². The average Bonchev–Trinajstić information content (AvgIpc) is 3.76. The maximum Gasteiger partial charge on any atom is 0.439 e. The van der Waals surface area contributed by atoms with Crippen molar-refractivity contribution in [3.05, 3.63) is 33.9 Å². The van der Waals surface area contributed by atoms with Gasteiger partial charge in [-0.15, -0.1) is 0 Å². The zero-order chi connectivity index (χ0) is 29.5. The zero-order valence-corrected chi connectivity index (χ0v) is 24.9. The maximum absolute atomic E-state index is 11.9. The van der Waals surface area contributed by atoms with Crippen molar-refractivity contribution in [2.75, 3.05) is 31.3 Å². The minimum atomic E-state index is -0.673. The number of hydrogen-bond donors (Lipinski definition) is 2. The summed E-state index contributed by atoms with van der Waals surface area (Å²) in [6.45, 7) is 4.42. The highest BCUT2D eigenvalue weighted by atomic mass is 35.5. The van der Waals surface area contributed by atoms with E-state index in [0.717, 1.165) is 62.6 Å². The number of hydrogen-bond acceptors (Lipinski definition) is 10. The van der Waals surface area contributed by atoms with Crippen molar-refractivity contribution >= 4 is 28.6 Å². The average molecular weight is 610 g/mol. The summed E-state index contributed by atoms with van der Waals surface area (Å²) in [5.41, 5.74) is 3.05. The van der Waals surface area contributed by atoms with Crippen molar-refractivity contribution in [1.29, 1.82) is 0 Å². The van der Waals surface area contributed by atoms with E-state index >= 15 is 0 Å². The Morgan fingerprint density at radius 3 is 2.81 bits per heavy atom. The van der Waals surface area contributed by atoms with Crippen LogP contribution in [0.3, 0.4) is 0 Å². The second-order valence-corrected chi connectivity index (χ2v) is 12.4. The molecule has 5 heterocycles. The number of aromatic amines is 1. The molecule has 1 saturated heterocycles. The monoisotopic (exact) mass is 609 g/mol. The summed E-state index contributed by atoms with van der Waals surface area (Å²) < 4.78 is 19.2. The number of morpholine rings is 1. The highest BCUT2D eigenvalue weighted by Gasteiger charge is 2.39. The van der Waals surface area contributed by atoms with Gasteiger partial charge in [-0.25, -0.2) is 19.7 Å². The third kappa shape index (κ3) is 5.51. The fourth-order valence-electron chi connectivity index (χ4n) is 6.98. The summed E-state index contributed by atoms with van der Waals surface area (Å²) in [6, 6.07) is 3.86. The van der Waals surface area contributed by atoms with Gasteiger partial charge in [0.25, 0.3) is 0 Å². The van der Waals surface area contributed by atoms with Gasteiger partial charge in [0.05, 0.1) is 47.0 Å². The van der Waals surface area contributed by atoms with Crippen LogP contribution in [0.1, 0.15) is 51.9 Å². The summed E-state index contributed by atoms with van der Waals surface area (Å²) >= 11 is 6.49. The van der Waals surface area contributed by atoms with E-state index < -0.39 is 5.76 Å². The quantitative estimate of drug-likeness (QED) is 0.294. The molecule has 2 N–H and O–H groups in total. The molecule has 0 radical (unpaired) electrons. The van der Waals surface area contributed by atoms with E-state index in [4.69, 9.17) is 35.6 Å². The van der Waals surface area contributed by atoms with Crippen LogP contribution in [0.4, 0.5) is 5.95 Å². The predicted octanol–water partition coefficient (Wildman–Crippen LogP) is 4.45. The zero-order valence-electron chi connectivity index (χ0n) is 24.2.